The van der Waals surface area contributed by atoms with E-state index in [2.05, 4.69) is 16.0 Å². The highest BCUT2D eigenvalue weighted by Gasteiger charge is 2.55. The monoisotopic (exact) mass is 602 g/mol. The predicted molar refractivity (Wildman–Crippen MR) is 155 cm³/mol. The van der Waals surface area contributed by atoms with Crippen molar-refractivity contribution in [2.45, 2.75) is 128 Å². The van der Waals surface area contributed by atoms with Crippen LogP contribution in [0.25, 0.3) is 0 Å². The van der Waals surface area contributed by atoms with Crippen LogP contribution in [0, 0.1) is 5.41 Å². The molecule has 4 aliphatic rings. The highest BCUT2D eigenvalue weighted by atomic mass is 19.3. The summed E-state index contributed by atoms with van der Waals surface area (Å²) in [5.41, 5.74) is 1.26. The molecule has 5 rings (SSSR count). The Morgan fingerprint density at radius 3 is 2.49 bits per heavy atom. The van der Waals surface area contributed by atoms with Gasteiger partial charge in [-0.3, -0.25) is 24.5 Å². The van der Waals surface area contributed by atoms with Gasteiger partial charge in [0.05, 0.1) is 18.2 Å². The summed E-state index contributed by atoms with van der Waals surface area (Å²) in [6.07, 6.45) is 8.50. The molecule has 3 heterocycles. The minimum atomic E-state index is -3.62. The van der Waals surface area contributed by atoms with Gasteiger partial charge in [0.25, 0.3) is 11.8 Å². The third-order valence-electron chi connectivity index (χ3n) is 9.66. The average Bonchev–Trinajstić information content (AvgIpc) is 3.34. The van der Waals surface area contributed by atoms with Crippen molar-refractivity contribution in [3.63, 3.8) is 0 Å². The van der Waals surface area contributed by atoms with Crippen LogP contribution in [0.15, 0.2) is 18.2 Å². The Morgan fingerprint density at radius 1 is 1.12 bits per heavy atom. The molecule has 1 aromatic carbocycles. The summed E-state index contributed by atoms with van der Waals surface area (Å²) >= 11 is 0. The number of imide groups is 1. The summed E-state index contributed by atoms with van der Waals surface area (Å²) in [6, 6.07) is 2.90. The Morgan fingerprint density at radius 2 is 1.81 bits per heavy atom. The fourth-order valence-corrected chi connectivity index (χ4v) is 7.36. The maximum atomic E-state index is 15.8. The van der Waals surface area contributed by atoms with Crippen molar-refractivity contribution in [3.8, 4) is 0 Å². The van der Waals surface area contributed by atoms with E-state index in [1.54, 1.807) is 18.2 Å². The summed E-state index contributed by atoms with van der Waals surface area (Å²) in [5.74, 6) is -6.12. The van der Waals surface area contributed by atoms with Gasteiger partial charge in [-0.1, -0.05) is 50.7 Å². The van der Waals surface area contributed by atoms with E-state index in [0.717, 1.165) is 51.4 Å². The molecule has 11 heteroatoms. The second-order valence-corrected chi connectivity index (χ2v) is 13.0. The van der Waals surface area contributed by atoms with E-state index in [1.807, 2.05) is 13.8 Å². The lowest BCUT2D eigenvalue weighted by Gasteiger charge is -2.49. The molecule has 0 aromatic heterocycles. The third kappa shape index (κ3) is 6.77. The van der Waals surface area contributed by atoms with Crippen LogP contribution in [0.5, 0.6) is 0 Å². The lowest BCUT2D eigenvalue weighted by Crippen LogP contribution is -2.63. The number of benzene rings is 1. The second-order valence-electron chi connectivity index (χ2n) is 13.0. The molecule has 3 fully saturated rings. The maximum absolute atomic E-state index is 15.8. The Labute approximate surface area is 251 Å². The van der Waals surface area contributed by atoms with E-state index in [-0.39, 0.29) is 62.9 Å². The molecule has 9 nitrogen and oxygen atoms in total. The van der Waals surface area contributed by atoms with Gasteiger partial charge in [-0.2, -0.15) is 8.78 Å². The van der Waals surface area contributed by atoms with Gasteiger partial charge in [-0.25, -0.2) is 0 Å². The number of piperidine rings is 2. The number of nitrogens with zero attached hydrogens (tertiary/aromatic N) is 1. The van der Waals surface area contributed by atoms with Crippen LogP contribution in [-0.2, 0) is 32.2 Å². The Kier molecular flexibility index (Phi) is 9.51. The van der Waals surface area contributed by atoms with Crippen LogP contribution in [-0.4, -0.2) is 65.3 Å². The first-order valence-electron chi connectivity index (χ1n) is 15.8. The van der Waals surface area contributed by atoms with Gasteiger partial charge in [0.15, 0.2) is 0 Å². The van der Waals surface area contributed by atoms with Gasteiger partial charge in [0.2, 0.25) is 11.8 Å². The predicted octanol–water partition coefficient (Wildman–Crippen LogP) is 3.98. The summed E-state index contributed by atoms with van der Waals surface area (Å²) in [5, 5.41) is 7.67. The molecular formula is C32H44F2N4O5. The fourth-order valence-electron chi connectivity index (χ4n) is 7.36. The van der Waals surface area contributed by atoms with E-state index in [4.69, 9.17) is 4.74 Å². The Hall–Kier alpha value is -2.92. The highest BCUT2D eigenvalue weighted by Crippen LogP contribution is 2.46. The summed E-state index contributed by atoms with van der Waals surface area (Å²) < 4.78 is 37.8. The molecule has 3 aliphatic heterocycles. The number of hydrogen-bond acceptors (Lipinski definition) is 6. The van der Waals surface area contributed by atoms with Crippen molar-refractivity contribution >= 4 is 23.6 Å². The van der Waals surface area contributed by atoms with Crippen molar-refractivity contribution in [2.24, 2.45) is 5.41 Å². The zero-order valence-electron chi connectivity index (χ0n) is 25.2. The van der Waals surface area contributed by atoms with Crippen molar-refractivity contribution in [1.82, 2.24) is 20.9 Å². The molecule has 3 N–H and O–H groups in total. The Bertz CT molecular complexity index is 1230. The quantitative estimate of drug-likeness (QED) is 0.407. The van der Waals surface area contributed by atoms with E-state index in [9.17, 15) is 19.2 Å². The molecule has 3 unspecified atom stereocenters. The van der Waals surface area contributed by atoms with E-state index < -0.39 is 35.2 Å². The molecule has 3 atom stereocenters. The van der Waals surface area contributed by atoms with E-state index in [1.165, 1.54) is 4.90 Å². The summed E-state index contributed by atoms with van der Waals surface area (Å²) in [6.45, 7) is 4.28. The normalized spacial score (nSPS) is 26.5. The van der Waals surface area contributed by atoms with E-state index >= 15 is 8.78 Å². The highest BCUT2D eigenvalue weighted by molar-refractivity contribution is 6.05. The number of nitrogens with one attached hydrogen (secondary N) is 3. The van der Waals surface area contributed by atoms with E-state index in [0.29, 0.717) is 16.7 Å². The van der Waals surface area contributed by atoms with Crippen LogP contribution in [0.4, 0.5) is 8.78 Å². The maximum Gasteiger partial charge on any atom is 0.339 e. The molecule has 1 saturated carbocycles. The minimum Gasteiger partial charge on any atom is -0.374 e. The Balaban J connectivity index is 1.24. The summed E-state index contributed by atoms with van der Waals surface area (Å²) in [7, 11) is 0. The first kappa shape index (κ1) is 31.5. The molecule has 0 radical (unpaired) electrons. The largest absolute Gasteiger partial charge is 0.374 e. The number of amides is 4. The topological polar surface area (TPSA) is 117 Å². The van der Waals surface area contributed by atoms with Crippen LogP contribution in [0.3, 0.4) is 0 Å². The molecule has 4 amide bonds. The van der Waals surface area contributed by atoms with Gasteiger partial charge < -0.3 is 20.3 Å². The van der Waals surface area contributed by atoms with Gasteiger partial charge in [-0.15, -0.1) is 0 Å². The number of ether oxygens (including phenoxy) is 1. The number of alkyl halides is 2. The molecule has 236 valence electrons. The van der Waals surface area contributed by atoms with Crippen molar-refractivity contribution in [1.29, 1.82) is 0 Å². The lowest BCUT2D eigenvalue weighted by atomic mass is 9.66. The SMILES string of the molecule is CC(C)OC1CNC(C(F)(F)C(=O)NCc2ccc3c(c2)CN(C2CCC(=O)NC2=O)C3=O)CC12CCCCCCCC2. The molecule has 2 saturated heterocycles. The third-order valence-corrected chi connectivity index (χ3v) is 9.66. The van der Waals surface area contributed by atoms with Gasteiger partial charge in [-0.05, 0) is 62.1 Å². The number of halogens is 2. The van der Waals surface area contributed by atoms with Gasteiger partial charge in [0, 0.05) is 31.6 Å². The molecule has 1 spiro atoms. The van der Waals surface area contributed by atoms with Crippen molar-refractivity contribution < 1.29 is 32.7 Å². The zero-order valence-corrected chi connectivity index (χ0v) is 25.2. The van der Waals surface area contributed by atoms with Crippen LogP contribution in [0.2, 0.25) is 0 Å². The van der Waals surface area contributed by atoms with Crippen LogP contribution in [0.1, 0.15) is 106 Å². The standard InChI is InChI=1S/C32H44F2N4O5/c1-20(2)43-26-18-35-25(16-31(26)13-7-5-3-4-6-8-14-31)32(33,34)30(42)36-17-21-9-10-23-22(15-21)19-38(29(23)41)24-11-12-27(39)37-28(24)40/h9-10,15,20,24-26,35H,3-8,11-14,16-19H2,1-2H3,(H,36,42)(H,37,39,40). The average molecular weight is 603 g/mol. The second kappa shape index (κ2) is 13.0. The van der Waals surface area contributed by atoms with Crippen LogP contribution < -0.4 is 16.0 Å². The fraction of sp³-hybridized carbons (Fsp3) is 0.688. The molecule has 0 bridgehead atoms. The van der Waals surface area contributed by atoms with Crippen LogP contribution >= 0.6 is 0 Å². The number of hydrogen-bond donors (Lipinski definition) is 3. The summed E-state index contributed by atoms with van der Waals surface area (Å²) in [4.78, 5) is 51.2. The number of rotatable bonds is 7. The minimum absolute atomic E-state index is 0.0182. The van der Waals surface area contributed by atoms with Gasteiger partial charge >= 0.3 is 5.92 Å². The number of fused-ring (bicyclic) bond motifs is 1. The molecular weight excluding hydrogens is 558 g/mol. The number of carbonyl (C=O) groups is 4. The smallest absolute Gasteiger partial charge is 0.339 e. The molecule has 43 heavy (non-hydrogen) atoms. The van der Waals surface area contributed by atoms with Gasteiger partial charge in [0.1, 0.15) is 6.04 Å². The first-order chi connectivity index (χ1) is 20.5. The lowest BCUT2D eigenvalue weighted by molar-refractivity contribution is -0.163. The van der Waals surface area contributed by atoms with Crippen molar-refractivity contribution in [3.05, 3.63) is 34.9 Å². The molecule has 1 aliphatic carbocycles. The van der Waals surface area contributed by atoms with Crippen molar-refractivity contribution in [2.75, 3.05) is 6.54 Å². The molecule has 1 aromatic rings. The first-order valence-corrected chi connectivity index (χ1v) is 15.8. The zero-order chi connectivity index (χ0) is 30.8. The number of carbonyl (C=O) groups excluding carboxylic acids is 4.